The molecule has 0 radical (unpaired) electrons. The third-order valence-corrected chi connectivity index (χ3v) is 1.85. The molecular weight excluding hydrogens is 180 g/mol. The molecule has 66 valence electrons. The number of alkyl halides is 1. The molecule has 1 aromatic heterocycles. The highest BCUT2D eigenvalue weighted by Crippen LogP contribution is 2.10. The average Bonchev–Trinajstić information content (AvgIpc) is 2.45. The van der Waals surface area contributed by atoms with Gasteiger partial charge in [-0.2, -0.15) is 5.10 Å². The lowest BCUT2D eigenvalue weighted by atomic mass is 10.3. The molecule has 0 aliphatic rings. The van der Waals surface area contributed by atoms with Crippen LogP contribution < -0.4 is 0 Å². The van der Waals surface area contributed by atoms with Gasteiger partial charge in [-0.1, -0.05) is 0 Å². The summed E-state index contributed by atoms with van der Waals surface area (Å²) in [7, 11) is 3.05. The zero-order valence-corrected chi connectivity index (χ0v) is 7.63. The zero-order chi connectivity index (χ0) is 9.14. The number of ether oxygens (including phenoxy) is 1. The first-order chi connectivity index (χ1) is 5.70. The Bertz CT molecular complexity index is 296. The van der Waals surface area contributed by atoms with Crippen LogP contribution in [-0.2, 0) is 17.7 Å². The van der Waals surface area contributed by atoms with Crippen molar-refractivity contribution in [3.63, 3.8) is 0 Å². The van der Waals surface area contributed by atoms with Crippen molar-refractivity contribution in [1.29, 1.82) is 0 Å². The minimum absolute atomic E-state index is 0.251. The fraction of sp³-hybridized carbons (Fsp3) is 0.429. The summed E-state index contributed by atoms with van der Waals surface area (Å²) in [5, 5.41) is 3.89. The number of aromatic nitrogens is 2. The van der Waals surface area contributed by atoms with Crippen molar-refractivity contribution in [3.05, 3.63) is 17.5 Å². The van der Waals surface area contributed by atoms with E-state index < -0.39 is 5.97 Å². The van der Waals surface area contributed by atoms with Gasteiger partial charge in [-0.25, -0.2) is 4.79 Å². The summed E-state index contributed by atoms with van der Waals surface area (Å²) >= 11 is 5.61. The second-order valence-corrected chi connectivity index (χ2v) is 2.52. The van der Waals surface area contributed by atoms with Gasteiger partial charge in [-0.3, -0.25) is 4.68 Å². The molecule has 0 unspecified atom stereocenters. The van der Waals surface area contributed by atoms with Crippen molar-refractivity contribution in [2.75, 3.05) is 7.11 Å². The maximum atomic E-state index is 11.1. The number of carbonyl (C=O) groups excluding carboxylic acids is 1. The first-order valence-electron chi connectivity index (χ1n) is 3.36. The summed E-state index contributed by atoms with van der Waals surface area (Å²) in [5.74, 6) is -0.153. The summed E-state index contributed by atoms with van der Waals surface area (Å²) in [6.45, 7) is 0. The summed E-state index contributed by atoms with van der Waals surface area (Å²) in [6.07, 6.45) is 1.45. The fourth-order valence-electron chi connectivity index (χ4n) is 0.902. The number of aryl methyl sites for hydroxylation is 1. The van der Waals surface area contributed by atoms with Crippen molar-refractivity contribution in [2.45, 2.75) is 5.88 Å². The van der Waals surface area contributed by atoms with Gasteiger partial charge in [0.05, 0.1) is 24.9 Å². The van der Waals surface area contributed by atoms with E-state index in [4.69, 9.17) is 11.6 Å². The molecule has 5 heteroatoms. The van der Waals surface area contributed by atoms with Crippen LogP contribution in [0.15, 0.2) is 6.20 Å². The van der Waals surface area contributed by atoms with Crippen molar-refractivity contribution < 1.29 is 9.53 Å². The van der Waals surface area contributed by atoms with Gasteiger partial charge < -0.3 is 4.74 Å². The van der Waals surface area contributed by atoms with Gasteiger partial charge in [0.15, 0.2) is 0 Å². The Hall–Kier alpha value is -1.03. The van der Waals surface area contributed by atoms with Crippen molar-refractivity contribution >= 4 is 17.6 Å². The van der Waals surface area contributed by atoms with Gasteiger partial charge >= 0.3 is 5.97 Å². The Morgan fingerprint density at radius 2 is 2.50 bits per heavy atom. The van der Waals surface area contributed by atoms with Crippen LogP contribution in [0.1, 0.15) is 16.1 Å². The predicted octanol–water partition coefficient (Wildman–Crippen LogP) is 0.945. The molecular formula is C7H9ClN2O2. The lowest BCUT2D eigenvalue weighted by molar-refractivity contribution is 0.0599. The molecule has 0 bridgehead atoms. The molecule has 0 aromatic carbocycles. The topological polar surface area (TPSA) is 44.1 Å². The van der Waals surface area contributed by atoms with Crippen LogP contribution in [0.5, 0.6) is 0 Å². The summed E-state index contributed by atoms with van der Waals surface area (Å²) in [4.78, 5) is 11.1. The van der Waals surface area contributed by atoms with E-state index in [9.17, 15) is 4.79 Å². The lowest BCUT2D eigenvalue weighted by Crippen LogP contribution is -2.05. The molecule has 0 amide bonds. The van der Waals surface area contributed by atoms with E-state index in [1.807, 2.05) is 0 Å². The molecule has 0 aliphatic carbocycles. The van der Waals surface area contributed by atoms with Crippen molar-refractivity contribution in [1.82, 2.24) is 9.78 Å². The Kier molecular flexibility index (Phi) is 2.70. The van der Waals surface area contributed by atoms with E-state index in [1.54, 1.807) is 11.7 Å². The molecule has 0 saturated carbocycles. The highest BCUT2D eigenvalue weighted by atomic mass is 35.5. The largest absolute Gasteiger partial charge is 0.465 e. The summed E-state index contributed by atoms with van der Waals surface area (Å²) in [5.41, 5.74) is 1.10. The van der Waals surface area contributed by atoms with E-state index in [0.29, 0.717) is 11.3 Å². The monoisotopic (exact) mass is 188 g/mol. The molecule has 0 aliphatic heterocycles. The molecule has 1 rings (SSSR count). The van der Waals surface area contributed by atoms with Crippen LogP contribution in [0.25, 0.3) is 0 Å². The molecule has 0 fully saturated rings. The van der Waals surface area contributed by atoms with Crippen molar-refractivity contribution in [2.24, 2.45) is 7.05 Å². The maximum Gasteiger partial charge on any atom is 0.341 e. The van der Waals surface area contributed by atoms with Crippen LogP contribution in [0.4, 0.5) is 0 Å². The summed E-state index contributed by atoms with van der Waals surface area (Å²) in [6, 6.07) is 0. The number of nitrogens with zero attached hydrogens (tertiary/aromatic N) is 2. The second-order valence-electron chi connectivity index (χ2n) is 2.25. The van der Waals surface area contributed by atoms with Gasteiger partial charge in [0.2, 0.25) is 0 Å². The molecule has 0 spiro atoms. The van der Waals surface area contributed by atoms with Crippen LogP contribution in [-0.4, -0.2) is 22.9 Å². The molecule has 12 heavy (non-hydrogen) atoms. The van der Waals surface area contributed by atoms with Gasteiger partial charge in [-0.15, -0.1) is 11.6 Å². The lowest BCUT2D eigenvalue weighted by Gasteiger charge is -1.99. The number of rotatable bonds is 2. The number of carbonyl (C=O) groups is 1. The van der Waals surface area contributed by atoms with E-state index in [1.165, 1.54) is 13.3 Å². The first kappa shape index (κ1) is 9.06. The van der Waals surface area contributed by atoms with Crippen LogP contribution >= 0.6 is 11.6 Å². The van der Waals surface area contributed by atoms with E-state index >= 15 is 0 Å². The quantitative estimate of drug-likeness (QED) is 0.513. The molecule has 0 N–H and O–H groups in total. The van der Waals surface area contributed by atoms with E-state index in [-0.39, 0.29) is 5.88 Å². The highest BCUT2D eigenvalue weighted by Gasteiger charge is 2.14. The smallest absolute Gasteiger partial charge is 0.341 e. The Balaban J connectivity index is 3.07. The van der Waals surface area contributed by atoms with E-state index in [0.717, 1.165) is 0 Å². The number of esters is 1. The highest BCUT2D eigenvalue weighted by molar-refractivity contribution is 6.17. The number of methoxy groups -OCH3 is 1. The van der Waals surface area contributed by atoms with Crippen LogP contribution in [0, 0.1) is 0 Å². The number of hydrogen-bond donors (Lipinski definition) is 0. The maximum absolute atomic E-state index is 11.1. The molecule has 0 atom stereocenters. The number of halogens is 1. The van der Waals surface area contributed by atoms with Gasteiger partial charge in [0, 0.05) is 7.05 Å². The molecule has 1 heterocycles. The Morgan fingerprint density at radius 1 is 1.83 bits per heavy atom. The third kappa shape index (κ3) is 1.43. The van der Waals surface area contributed by atoms with Crippen LogP contribution in [0.3, 0.4) is 0 Å². The minimum atomic E-state index is -0.404. The first-order valence-corrected chi connectivity index (χ1v) is 3.89. The van der Waals surface area contributed by atoms with E-state index in [2.05, 4.69) is 9.84 Å². The Morgan fingerprint density at radius 3 is 3.00 bits per heavy atom. The average molecular weight is 189 g/mol. The van der Waals surface area contributed by atoms with Gasteiger partial charge in [0.1, 0.15) is 5.56 Å². The zero-order valence-electron chi connectivity index (χ0n) is 6.87. The minimum Gasteiger partial charge on any atom is -0.465 e. The molecule has 0 saturated heterocycles. The predicted molar refractivity (Wildman–Crippen MR) is 44.1 cm³/mol. The second kappa shape index (κ2) is 3.58. The molecule has 4 nitrogen and oxygen atoms in total. The normalized spacial score (nSPS) is 9.92. The SMILES string of the molecule is COC(=O)c1cnn(C)c1CCl. The van der Waals surface area contributed by atoms with Gasteiger partial charge in [-0.05, 0) is 0 Å². The third-order valence-electron chi connectivity index (χ3n) is 1.59. The summed E-state index contributed by atoms with van der Waals surface area (Å²) < 4.78 is 6.10. The Labute approximate surface area is 75.1 Å². The van der Waals surface area contributed by atoms with Crippen molar-refractivity contribution in [3.8, 4) is 0 Å². The van der Waals surface area contributed by atoms with Gasteiger partial charge in [0.25, 0.3) is 0 Å². The number of hydrogen-bond acceptors (Lipinski definition) is 3. The molecule has 1 aromatic rings. The fourth-order valence-corrected chi connectivity index (χ4v) is 1.22. The van der Waals surface area contributed by atoms with Crippen LogP contribution in [0.2, 0.25) is 0 Å². The standard InChI is InChI=1S/C7H9ClN2O2/c1-10-6(3-8)5(4-9-10)7(11)12-2/h4H,3H2,1-2H3.